The second-order valence-electron chi connectivity index (χ2n) is 11.0. The molecule has 0 saturated carbocycles. The summed E-state index contributed by atoms with van der Waals surface area (Å²) in [7, 11) is 0. The van der Waals surface area contributed by atoms with E-state index in [4.69, 9.17) is 19.9 Å². The van der Waals surface area contributed by atoms with Gasteiger partial charge in [-0.3, -0.25) is 4.79 Å². The maximum absolute atomic E-state index is 13.0. The van der Waals surface area contributed by atoms with E-state index in [-0.39, 0.29) is 42.7 Å². The Morgan fingerprint density at radius 1 is 0.944 bits per heavy atom. The Morgan fingerprint density at radius 2 is 1.69 bits per heavy atom. The van der Waals surface area contributed by atoms with Crippen LogP contribution in [-0.2, 0) is 19.0 Å². The first kappa shape index (κ1) is 28.9. The smallest absolute Gasteiger partial charge is 0.309 e. The highest BCUT2D eigenvalue weighted by molar-refractivity contribution is 5.70. The molecule has 0 amide bonds. The molecule has 2 N–H and O–H groups in total. The monoisotopic (exact) mass is 499 g/mol. The van der Waals surface area contributed by atoms with E-state index in [0.29, 0.717) is 12.0 Å². The summed E-state index contributed by atoms with van der Waals surface area (Å²) in [5.41, 5.74) is 6.94. The number of hydrogen-bond donors (Lipinski definition) is 1. The minimum Gasteiger partial charge on any atom is -0.457 e. The average molecular weight is 500 g/mol. The van der Waals surface area contributed by atoms with Crippen LogP contribution in [0.15, 0.2) is 48.1 Å². The van der Waals surface area contributed by atoms with E-state index in [1.165, 1.54) is 12.0 Å². The predicted molar refractivity (Wildman–Crippen MR) is 147 cm³/mol. The van der Waals surface area contributed by atoms with Crippen molar-refractivity contribution >= 4 is 5.97 Å². The van der Waals surface area contributed by atoms with Crippen LogP contribution in [0.3, 0.4) is 0 Å². The zero-order chi connectivity index (χ0) is 25.8. The molecule has 4 bridgehead atoms. The largest absolute Gasteiger partial charge is 0.457 e. The van der Waals surface area contributed by atoms with Gasteiger partial charge in [0.05, 0.1) is 30.8 Å². The lowest BCUT2D eigenvalue weighted by molar-refractivity contribution is -0.154. The van der Waals surface area contributed by atoms with Gasteiger partial charge in [0.15, 0.2) is 0 Å². The van der Waals surface area contributed by atoms with Gasteiger partial charge in [0.1, 0.15) is 6.10 Å². The lowest BCUT2D eigenvalue weighted by Crippen LogP contribution is -2.37. The van der Waals surface area contributed by atoms with E-state index >= 15 is 0 Å². The molecule has 0 aromatic rings. The zero-order valence-corrected chi connectivity index (χ0v) is 22.8. The van der Waals surface area contributed by atoms with Gasteiger partial charge in [-0.25, -0.2) is 0 Å². The number of carbonyl (C=O) groups excluding carboxylic acids is 1. The first-order chi connectivity index (χ1) is 17.5. The van der Waals surface area contributed by atoms with Crippen LogP contribution in [0.25, 0.3) is 0 Å². The highest BCUT2D eigenvalue weighted by Crippen LogP contribution is 2.33. The normalized spacial score (nSPS) is 36.8. The number of fused-ring (bicyclic) bond motifs is 4. The standard InChI is InChI=1S/C31H49NO4/c1-4-25-19-28-21-27-13-11-12-26(34-27)18-23(2)15-16-24(3)30(14-9-7-5-6-8-10-17-32)36-31(33)22-29(20-25)35-28/h4-5,7,9,14-16,23-24,26-30H,6,8,10-13,17-22,32H2,1-3H3/b7-5-,14-9+,16-15+,25-4-/t23-,24-,26+,27?,28+,29?,30?/m0/s1. The minimum absolute atomic E-state index is 0.0809. The second kappa shape index (κ2) is 15.5. The number of allylic oxidation sites excluding steroid dienone is 5. The summed E-state index contributed by atoms with van der Waals surface area (Å²) in [6, 6.07) is 0. The van der Waals surface area contributed by atoms with Crippen molar-refractivity contribution in [2.75, 3.05) is 6.54 Å². The number of ether oxygens (including phenoxy) is 3. The molecule has 2 fully saturated rings. The number of unbranched alkanes of at least 4 members (excludes halogenated alkanes) is 2. The fourth-order valence-corrected chi connectivity index (χ4v) is 5.58. The summed E-state index contributed by atoms with van der Waals surface area (Å²) >= 11 is 0. The van der Waals surface area contributed by atoms with E-state index < -0.39 is 0 Å². The molecule has 0 aliphatic carbocycles. The molecule has 0 radical (unpaired) electrons. The van der Waals surface area contributed by atoms with Crippen molar-refractivity contribution < 1.29 is 19.0 Å². The summed E-state index contributed by atoms with van der Waals surface area (Å²) in [5, 5.41) is 0. The first-order valence-electron chi connectivity index (χ1n) is 14.3. The summed E-state index contributed by atoms with van der Waals surface area (Å²) in [5.74, 6) is 0.307. The molecule has 5 nitrogen and oxygen atoms in total. The van der Waals surface area contributed by atoms with Crippen LogP contribution in [0.1, 0.15) is 91.4 Å². The van der Waals surface area contributed by atoms with Crippen LogP contribution in [0.5, 0.6) is 0 Å². The third-order valence-electron chi connectivity index (χ3n) is 7.67. The number of esters is 1. The Kier molecular flexibility index (Phi) is 12.5. The van der Waals surface area contributed by atoms with Gasteiger partial charge in [-0.1, -0.05) is 55.9 Å². The molecule has 36 heavy (non-hydrogen) atoms. The number of rotatable bonds is 6. The van der Waals surface area contributed by atoms with E-state index in [1.807, 2.05) is 18.2 Å². The fourth-order valence-electron chi connectivity index (χ4n) is 5.58. The molecule has 202 valence electrons. The van der Waals surface area contributed by atoms with Crippen molar-refractivity contribution in [3.63, 3.8) is 0 Å². The van der Waals surface area contributed by atoms with Crippen LogP contribution >= 0.6 is 0 Å². The highest BCUT2D eigenvalue weighted by atomic mass is 16.5. The molecule has 0 spiro atoms. The number of nitrogens with two attached hydrogens (primary N) is 1. The maximum atomic E-state index is 13.0. The fraction of sp³-hybridized carbons (Fsp3) is 0.710. The van der Waals surface area contributed by atoms with Crippen molar-refractivity contribution in [1.82, 2.24) is 0 Å². The second-order valence-corrected chi connectivity index (χ2v) is 11.0. The maximum Gasteiger partial charge on any atom is 0.309 e. The van der Waals surface area contributed by atoms with Crippen LogP contribution in [0.2, 0.25) is 0 Å². The lowest BCUT2D eigenvalue weighted by Gasteiger charge is -2.37. The van der Waals surface area contributed by atoms with Crippen LogP contribution < -0.4 is 5.73 Å². The quantitative estimate of drug-likeness (QED) is 0.193. The molecule has 2 saturated heterocycles. The van der Waals surface area contributed by atoms with Crippen molar-refractivity contribution in [1.29, 1.82) is 0 Å². The van der Waals surface area contributed by atoms with Crippen molar-refractivity contribution in [3.05, 3.63) is 48.1 Å². The molecule has 3 aliphatic rings. The highest BCUT2D eigenvalue weighted by Gasteiger charge is 2.32. The van der Waals surface area contributed by atoms with E-state index in [1.54, 1.807) is 0 Å². The molecule has 3 rings (SSSR count). The Morgan fingerprint density at radius 3 is 2.47 bits per heavy atom. The molecular weight excluding hydrogens is 450 g/mol. The lowest BCUT2D eigenvalue weighted by atomic mass is 9.90. The number of cyclic esters (lactones) is 1. The molecule has 5 heteroatoms. The van der Waals surface area contributed by atoms with Crippen LogP contribution in [0.4, 0.5) is 0 Å². The van der Waals surface area contributed by atoms with Crippen molar-refractivity contribution in [2.24, 2.45) is 17.6 Å². The van der Waals surface area contributed by atoms with Crippen molar-refractivity contribution in [2.45, 2.75) is 122 Å². The molecule has 0 aromatic heterocycles. The summed E-state index contributed by atoms with van der Waals surface area (Å²) in [4.78, 5) is 13.0. The molecule has 3 heterocycles. The summed E-state index contributed by atoms with van der Waals surface area (Å²) in [6.07, 6.45) is 25.7. The van der Waals surface area contributed by atoms with Gasteiger partial charge in [0, 0.05) is 12.3 Å². The molecule has 3 aliphatic heterocycles. The summed E-state index contributed by atoms with van der Waals surface area (Å²) in [6.45, 7) is 7.20. The zero-order valence-electron chi connectivity index (χ0n) is 22.8. The molecule has 0 aromatic carbocycles. The predicted octanol–water partition coefficient (Wildman–Crippen LogP) is 6.58. The van der Waals surface area contributed by atoms with E-state index in [2.05, 4.69) is 45.1 Å². The Balaban J connectivity index is 1.74. The van der Waals surface area contributed by atoms with Gasteiger partial charge >= 0.3 is 5.97 Å². The average Bonchev–Trinajstić information content (AvgIpc) is 2.85. The van der Waals surface area contributed by atoms with Gasteiger partial charge in [-0.05, 0) is 83.2 Å². The van der Waals surface area contributed by atoms with E-state index in [0.717, 1.165) is 64.3 Å². The Labute approximate surface area is 219 Å². The van der Waals surface area contributed by atoms with Gasteiger partial charge in [-0.2, -0.15) is 0 Å². The van der Waals surface area contributed by atoms with Gasteiger partial charge in [-0.15, -0.1) is 0 Å². The first-order valence-corrected chi connectivity index (χ1v) is 14.3. The topological polar surface area (TPSA) is 70.8 Å². The minimum atomic E-state index is -0.307. The van der Waals surface area contributed by atoms with E-state index in [9.17, 15) is 4.79 Å². The SMILES string of the molecule is C/C=C1\CC2CC(=O)OC(/C=C/C=C\CCCCN)[C@@H](C)/C=C/[C@H](C)C[C@H]3CCCC(C[C@@H](C1)O2)O3. The number of carbonyl (C=O) groups is 1. The summed E-state index contributed by atoms with van der Waals surface area (Å²) < 4.78 is 19.0. The van der Waals surface area contributed by atoms with Crippen LogP contribution in [-0.4, -0.2) is 43.0 Å². The molecule has 3 unspecified atom stereocenters. The van der Waals surface area contributed by atoms with Gasteiger partial charge in [0.2, 0.25) is 0 Å². The Hall–Kier alpha value is -1.69. The van der Waals surface area contributed by atoms with Gasteiger partial charge in [0.25, 0.3) is 0 Å². The third kappa shape index (κ3) is 9.99. The molecular formula is C31H49NO4. The number of hydrogen-bond acceptors (Lipinski definition) is 5. The third-order valence-corrected chi connectivity index (χ3v) is 7.67. The van der Waals surface area contributed by atoms with Crippen LogP contribution in [0, 0.1) is 11.8 Å². The Bertz CT molecular complexity index is 785. The molecule has 7 atom stereocenters. The van der Waals surface area contributed by atoms with Crippen molar-refractivity contribution in [3.8, 4) is 0 Å². The van der Waals surface area contributed by atoms with Gasteiger partial charge < -0.3 is 19.9 Å².